The maximum absolute atomic E-state index is 12.6. The zero-order valence-electron chi connectivity index (χ0n) is 16.5. The molecule has 0 amide bonds. The average molecular weight is 358 g/mol. The maximum Gasteiger partial charge on any atom is 0.262 e. The molecular formula is C22H30O4. The molecule has 3 rings (SSSR count). The molecule has 0 aliphatic heterocycles. The third-order valence-electron chi connectivity index (χ3n) is 7.66. The zero-order valence-corrected chi connectivity index (χ0v) is 16.5. The molecule has 142 valence electrons. The van der Waals surface area contributed by atoms with Crippen molar-refractivity contribution in [1.29, 1.82) is 0 Å². The van der Waals surface area contributed by atoms with Crippen LogP contribution in [0.2, 0.25) is 0 Å². The molecule has 1 saturated carbocycles. The molecule has 1 fully saturated rings. The minimum atomic E-state index is -0.586. The summed E-state index contributed by atoms with van der Waals surface area (Å²) in [4.78, 5) is 24.9. The van der Waals surface area contributed by atoms with E-state index >= 15 is 0 Å². The van der Waals surface area contributed by atoms with Gasteiger partial charge in [-0.15, -0.1) is 0 Å². The summed E-state index contributed by atoms with van der Waals surface area (Å²) in [7, 11) is 1.34. The van der Waals surface area contributed by atoms with E-state index in [-0.39, 0.29) is 27.9 Å². The molecule has 0 spiro atoms. The predicted molar refractivity (Wildman–Crippen MR) is 100 cm³/mol. The van der Waals surface area contributed by atoms with Crippen LogP contribution in [0.25, 0.3) is 0 Å². The lowest BCUT2D eigenvalue weighted by molar-refractivity contribution is -0.121. The van der Waals surface area contributed by atoms with E-state index < -0.39 is 11.5 Å². The number of ether oxygens (including phenoxy) is 1. The fourth-order valence-corrected chi connectivity index (χ4v) is 5.55. The molecule has 1 N–H and O–H groups in total. The van der Waals surface area contributed by atoms with Gasteiger partial charge in [-0.3, -0.25) is 9.59 Å². The van der Waals surface area contributed by atoms with Crippen molar-refractivity contribution in [2.24, 2.45) is 22.7 Å². The quantitative estimate of drug-likeness (QED) is 0.588. The lowest BCUT2D eigenvalue weighted by Gasteiger charge is -2.58. The van der Waals surface area contributed by atoms with Crippen LogP contribution in [-0.2, 0) is 14.3 Å². The third-order valence-corrected chi connectivity index (χ3v) is 7.66. The summed E-state index contributed by atoms with van der Waals surface area (Å²) < 4.78 is 4.93. The maximum atomic E-state index is 12.6. The lowest BCUT2D eigenvalue weighted by atomic mass is 9.46. The fourth-order valence-electron chi connectivity index (χ4n) is 5.55. The van der Waals surface area contributed by atoms with E-state index in [1.54, 1.807) is 0 Å². The van der Waals surface area contributed by atoms with Gasteiger partial charge in [0.25, 0.3) is 5.78 Å². The molecule has 4 nitrogen and oxygen atoms in total. The topological polar surface area (TPSA) is 63.6 Å². The Balaban J connectivity index is 2.00. The molecule has 0 aromatic rings. The standard InChI is InChI=1S/C22H30O4/c1-13-7-6-8-18-21(13,3)10-9-14(2)22(18,4)12-15-16(23)11-17(26-5)20(25)19(15)24/h7,11,14,18,24H,6,8-10,12H2,1-5H3/t14-,18+,21-,22+/m0/s1. The van der Waals surface area contributed by atoms with Gasteiger partial charge < -0.3 is 9.84 Å². The number of carbonyl (C=O) groups is 2. The smallest absolute Gasteiger partial charge is 0.262 e. The highest BCUT2D eigenvalue weighted by molar-refractivity contribution is 6.20. The Hall–Kier alpha value is -1.84. The molecule has 0 unspecified atom stereocenters. The Morgan fingerprint density at radius 1 is 1.27 bits per heavy atom. The van der Waals surface area contributed by atoms with E-state index in [1.807, 2.05) is 0 Å². The van der Waals surface area contributed by atoms with Crippen LogP contribution in [0, 0.1) is 22.7 Å². The number of aliphatic hydroxyl groups excluding tert-OH is 1. The lowest BCUT2D eigenvalue weighted by Crippen LogP contribution is -2.50. The van der Waals surface area contributed by atoms with Gasteiger partial charge in [-0.05, 0) is 61.7 Å². The van der Waals surface area contributed by atoms with Crippen LogP contribution in [0.3, 0.4) is 0 Å². The predicted octanol–water partition coefficient (Wildman–Crippen LogP) is 4.67. The number of fused-ring (bicyclic) bond motifs is 1. The van der Waals surface area contributed by atoms with Crippen LogP contribution in [-0.4, -0.2) is 23.8 Å². The minimum Gasteiger partial charge on any atom is -0.504 e. The number of carbonyl (C=O) groups excluding carboxylic acids is 2. The Morgan fingerprint density at radius 2 is 1.96 bits per heavy atom. The normalized spacial score (nSPS) is 37.9. The number of rotatable bonds is 3. The van der Waals surface area contributed by atoms with Gasteiger partial charge in [-0.1, -0.05) is 32.4 Å². The summed E-state index contributed by atoms with van der Waals surface area (Å²) in [6, 6.07) is 0. The van der Waals surface area contributed by atoms with Gasteiger partial charge in [-0.2, -0.15) is 0 Å². The van der Waals surface area contributed by atoms with Crippen molar-refractivity contribution < 1.29 is 19.4 Å². The van der Waals surface area contributed by atoms with E-state index in [0.29, 0.717) is 18.3 Å². The van der Waals surface area contributed by atoms with Crippen LogP contribution in [0.15, 0.2) is 34.8 Å². The number of aliphatic hydroxyl groups is 1. The van der Waals surface area contributed by atoms with Crippen LogP contribution in [0.4, 0.5) is 0 Å². The van der Waals surface area contributed by atoms with Gasteiger partial charge in [0.2, 0.25) is 0 Å². The van der Waals surface area contributed by atoms with Crippen LogP contribution in [0.1, 0.15) is 59.8 Å². The van der Waals surface area contributed by atoms with Crippen molar-refractivity contribution in [1.82, 2.24) is 0 Å². The largest absolute Gasteiger partial charge is 0.504 e. The van der Waals surface area contributed by atoms with Gasteiger partial charge in [0.1, 0.15) is 0 Å². The van der Waals surface area contributed by atoms with E-state index in [1.165, 1.54) is 18.8 Å². The summed E-state index contributed by atoms with van der Waals surface area (Å²) in [5.74, 6) is -0.556. The molecule has 4 atom stereocenters. The van der Waals surface area contributed by atoms with E-state index in [0.717, 1.165) is 25.7 Å². The number of ketones is 2. The van der Waals surface area contributed by atoms with Crippen LogP contribution >= 0.6 is 0 Å². The van der Waals surface area contributed by atoms with Crippen molar-refractivity contribution in [3.05, 3.63) is 34.8 Å². The van der Waals surface area contributed by atoms with Gasteiger partial charge in [-0.25, -0.2) is 0 Å². The zero-order chi connectivity index (χ0) is 19.3. The molecule has 3 aliphatic carbocycles. The molecule has 0 aromatic heterocycles. The second-order valence-corrected chi connectivity index (χ2v) is 8.79. The number of Topliss-reactive ketones (excluding diaryl/α,β-unsaturated/α-hetero) is 1. The first-order chi connectivity index (χ1) is 12.1. The monoisotopic (exact) mass is 358 g/mol. The van der Waals surface area contributed by atoms with Crippen LogP contribution in [0.5, 0.6) is 0 Å². The SMILES string of the molecule is COC1=CC(=O)C(C[C@]2(C)[C@@H](C)CC[C@@]3(C)C(C)=CCC[C@@H]23)=C(O)C1=O. The Kier molecular flexibility index (Phi) is 4.66. The number of hydrogen-bond acceptors (Lipinski definition) is 4. The Bertz CT molecular complexity index is 741. The molecule has 0 radical (unpaired) electrons. The summed E-state index contributed by atoms with van der Waals surface area (Å²) in [5, 5.41) is 10.4. The first kappa shape index (κ1) is 18.9. The minimum absolute atomic E-state index is 0.0839. The molecule has 3 aliphatic rings. The molecule has 4 heteroatoms. The molecule has 0 aromatic carbocycles. The Labute approximate surface area is 156 Å². The highest BCUT2D eigenvalue weighted by atomic mass is 16.5. The van der Waals surface area contributed by atoms with E-state index in [2.05, 4.69) is 33.8 Å². The van der Waals surface area contributed by atoms with E-state index in [4.69, 9.17) is 4.74 Å². The first-order valence-corrected chi connectivity index (χ1v) is 9.59. The van der Waals surface area contributed by atoms with Crippen molar-refractivity contribution in [3.63, 3.8) is 0 Å². The second-order valence-electron chi connectivity index (χ2n) is 8.79. The average Bonchev–Trinajstić information content (AvgIpc) is 2.61. The van der Waals surface area contributed by atoms with Crippen LogP contribution < -0.4 is 0 Å². The number of hydrogen-bond donors (Lipinski definition) is 1. The van der Waals surface area contributed by atoms with Gasteiger partial charge in [0.15, 0.2) is 17.3 Å². The fraction of sp³-hybridized carbons (Fsp3) is 0.636. The highest BCUT2D eigenvalue weighted by Crippen LogP contribution is 2.62. The molecule has 0 saturated heterocycles. The van der Waals surface area contributed by atoms with Gasteiger partial charge >= 0.3 is 0 Å². The molecular weight excluding hydrogens is 328 g/mol. The summed E-state index contributed by atoms with van der Waals surface area (Å²) >= 11 is 0. The first-order valence-electron chi connectivity index (χ1n) is 9.59. The van der Waals surface area contributed by atoms with Gasteiger partial charge in [0.05, 0.1) is 7.11 Å². The summed E-state index contributed by atoms with van der Waals surface area (Å²) in [6.45, 7) is 9.06. The summed E-state index contributed by atoms with van der Waals surface area (Å²) in [6.07, 6.45) is 8.40. The molecule has 0 heterocycles. The van der Waals surface area contributed by atoms with E-state index in [9.17, 15) is 14.7 Å². The van der Waals surface area contributed by atoms with Crippen molar-refractivity contribution in [2.75, 3.05) is 7.11 Å². The summed E-state index contributed by atoms with van der Waals surface area (Å²) in [5.41, 5.74) is 1.68. The van der Waals surface area contributed by atoms with Crippen molar-refractivity contribution in [2.45, 2.75) is 59.8 Å². The van der Waals surface area contributed by atoms with Gasteiger partial charge in [0, 0.05) is 11.6 Å². The second kappa shape index (κ2) is 6.40. The molecule has 0 bridgehead atoms. The molecule has 26 heavy (non-hydrogen) atoms. The van der Waals surface area contributed by atoms with Crippen molar-refractivity contribution in [3.8, 4) is 0 Å². The number of methoxy groups -OCH3 is 1. The third kappa shape index (κ3) is 2.65. The Morgan fingerprint density at radius 3 is 2.62 bits per heavy atom. The van der Waals surface area contributed by atoms with Crippen molar-refractivity contribution >= 4 is 11.6 Å². The highest BCUT2D eigenvalue weighted by Gasteiger charge is 2.54. The number of allylic oxidation sites excluding steroid dienone is 4.